The third-order valence-corrected chi connectivity index (χ3v) is 4.03. The first-order valence-electron chi connectivity index (χ1n) is 7.35. The van der Waals surface area contributed by atoms with Crippen LogP contribution in [0.2, 0.25) is 0 Å². The van der Waals surface area contributed by atoms with E-state index < -0.39 is 0 Å². The van der Waals surface area contributed by atoms with Gasteiger partial charge in [-0.1, -0.05) is 56.3 Å². The quantitative estimate of drug-likeness (QED) is 0.937. The van der Waals surface area contributed by atoms with Crippen molar-refractivity contribution in [3.63, 3.8) is 0 Å². The van der Waals surface area contributed by atoms with Crippen molar-refractivity contribution in [2.45, 2.75) is 52.5 Å². The van der Waals surface area contributed by atoms with Crippen molar-refractivity contribution in [3.8, 4) is 0 Å². The molecule has 1 unspecified atom stereocenters. The molecule has 0 radical (unpaired) electrons. The summed E-state index contributed by atoms with van der Waals surface area (Å²) in [7, 11) is 0. The molecule has 0 aliphatic carbocycles. The van der Waals surface area contributed by atoms with E-state index in [0.29, 0.717) is 18.1 Å². The van der Waals surface area contributed by atoms with Gasteiger partial charge in [0.1, 0.15) is 0 Å². The van der Waals surface area contributed by atoms with Crippen LogP contribution in [0.3, 0.4) is 0 Å². The van der Waals surface area contributed by atoms with E-state index in [9.17, 15) is 0 Å². The lowest BCUT2D eigenvalue weighted by Crippen LogP contribution is -2.37. The van der Waals surface area contributed by atoms with Crippen LogP contribution in [-0.4, -0.2) is 16.2 Å². The first kappa shape index (κ1) is 15.7. The number of benzene rings is 1. The molecule has 0 fully saturated rings. The molecule has 1 atom stereocenters. The maximum absolute atomic E-state index is 6.18. The summed E-state index contributed by atoms with van der Waals surface area (Å²) in [6, 6.07) is 10.2. The minimum Gasteiger partial charge on any atom is -0.339 e. The molecule has 2 aromatic rings. The molecule has 0 spiro atoms. The molecule has 0 saturated heterocycles. The predicted octanol–water partition coefficient (Wildman–Crippen LogP) is 3.31. The first-order valence-corrected chi connectivity index (χ1v) is 7.35. The van der Waals surface area contributed by atoms with Gasteiger partial charge in [-0.2, -0.15) is 4.98 Å². The highest BCUT2D eigenvalue weighted by Gasteiger charge is 2.30. The Morgan fingerprint density at radius 1 is 1.10 bits per heavy atom. The summed E-state index contributed by atoms with van der Waals surface area (Å²) in [6.07, 6.45) is 0.599. The molecule has 2 rings (SSSR count). The fourth-order valence-electron chi connectivity index (χ4n) is 2.07. The Labute approximate surface area is 126 Å². The normalized spacial score (nSPS) is 14.2. The second kappa shape index (κ2) is 5.60. The Morgan fingerprint density at radius 3 is 2.29 bits per heavy atom. The van der Waals surface area contributed by atoms with Crippen LogP contribution in [0.15, 0.2) is 34.9 Å². The fourth-order valence-corrected chi connectivity index (χ4v) is 2.07. The smallest absolute Gasteiger partial charge is 0.228 e. The molecule has 0 aliphatic rings. The van der Waals surface area contributed by atoms with Gasteiger partial charge < -0.3 is 10.3 Å². The van der Waals surface area contributed by atoms with Gasteiger partial charge in [-0.15, -0.1) is 0 Å². The molecule has 2 N–H and O–H groups in total. The van der Waals surface area contributed by atoms with Crippen molar-refractivity contribution in [1.29, 1.82) is 0 Å². The Morgan fingerprint density at radius 2 is 1.71 bits per heavy atom. The van der Waals surface area contributed by atoms with Crippen molar-refractivity contribution in [3.05, 3.63) is 47.6 Å². The summed E-state index contributed by atoms with van der Waals surface area (Å²) in [5.74, 6) is 1.31. The summed E-state index contributed by atoms with van der Waals surface area (Å²) in [6.45, 7) is 10.5. The largest absolute Gasteiger partial charge is 0.339 e. The van der Waals surface area contributed by atoms with Gasteiger partial charge in [0, 0.05) is 12.5 Å². The van der Waals surface area contributed by atoms with Crippen molar-refractivity contribution in [2.75, 3.05) is 0 Å². The lowest BCUT2D eigenvalue weighted by molar-refractivity contribution is 0.285. The molecule has 0 saturated carbocycles. The SMILES string of the molecule is CC(C)(c1ccccc1)c1noc(CC(N)C(C)(C)C)n1. The third kappa shape index (κ3) is 3.50. The third-order valence-electron chi connectivity index (χ3n) is 4.03. The second-order valence-corrected chi connectivity index (χ2v) is 7.18. The van der Waals surface area contributed by atoms with E-state index in [2.05, 4.69) is 56.9 Å². The van der Waals surface area contributed by atoms with Gasteiger partial charge in [-0.05, 0) is 24.8 Å². The zero-order valence-electron chi connectivity index (χ0n) is 13.6. The van der Waals surface area contributed by atoms with Gasteiger partial charge in [0.15, 0.2) is 5.82 Å². The predicted molar refractivity (Wildman–Crippen MR) is 84.0 cm³/mol. The summed E-state index contributed by atoms with van der Waals surface area (Å²) < 4.78 is 5.40. The maximum Gasteiger partial charge on any atom is 0.228 e. The van der Waals surface area contributed by atoms with Crippen molar-refractivity contribution >= 4 is 0 Å². The maximum atomic E-state index is 6.18. The molecule has 0 aliphatic heterocycles. The molecule has 0 bridgehead atoms. The molecule has 0 amide bonds. The zero-order chi connectivity index (χ0) is 15.7. The van der Waals surface area contributed by atoms with Crippen LogP contribution in [0.25, 0.3) is 0 Å². The molecule has 1 heterocycles. The van der Waals surface area contributed by atoms with E-state index in [-0.39, 0.29) is 16.9 Å². The van der Waals surface area contributed by atoms with Crippen LogP contribution >= 0.6 is 0 Å². The van der Waals surface area contributed by atoms with Crippen LogP contribution < -0.4 is 5.73 Å². The van der Waals surface area contributed by atoms with Crippen LogP contribution in [0.4, 0.5) is 0 Å². The fraction of sp³-hybridized carbons (Fsp3) is 0.529. The average molecular weight is 287 g/mol. The van der Waals surface area contributed by atoms with Crippen LogP contribution in [-0.2, 0) is 11.8 Å². The second-order valence-electron chi connectivity index (χ2n) is 7.18. The van der Waals surface area contributed by atoms with Gasteiger partial charge in [0.25, 0.3) is 0 Å². The number of aromatic nitrogens is 2. The lowest BCUT2D eigenvalue weighted by Gasteiger charge is -2.25. The van der Waals surface area contributed by atoms with Crippen molar-refractivity contribution < 1.29 is 4.52 Å². The number of nitrogens with two attached hydrogens (primary N) is 1. The Balaban J connectivity index is 2.20. The molecule has 4 heteroatoms. The zero-order valence-corrected chi connectivity index (χ0v) is 13.6. The Bertz CT molecular complexity index is 582. The molecule has 1 aromatic heterocycles. The van der Waals surface area contributed by atoms with E-state index in [1.54, 1.807) is 0 Å². The topological polar surface area (TPSA) is 64.9 Å². The molecular formula is C17H25N3O. The highest BCUT2D eigenvalue weighted by Crippen LogP contribution is 2.29. The average Bonchev–Trinajstić information content (AvgIpc) is 2.88. The summed E-state index contributed by atoms with van der Waals surface area (Å²) in [5.41, 5.74) is 7.08. The number of nitrogens with zero attached hydrogens (tertiary/aromatic N) is 2. The van der Waals surface area contributed by atoms with Crippen molar-refractivity contribution in [2.24, 2.45) is 11.1 Å². The van der Waals surface area contributed by atoms with Crippen LogP contribution in [0.1, 0.15) is 51.9 Å². The van der Waals surface area contributed by atoms with Crippen molar-refractivity contribution in [1.82, 2.24) is 10.1 Å². The molecule has 4 nitrogen and oxygen atoms in total. The molecule has 21 heavy (non-hydrogen) atoms. The molecular weight excluding hydrogens is 262 g/mol. The summed E-state index contributed by atoms with van der Waals surface area (Å²) in [4.78, 5) is 4.55. The van der Waals surface area contributed by atoms with Crippen LogP contribution in [0.5, 0.6) is 0 Å². The lowest BCUT2D eigenvalue weighted by atomic mass is 9.84. The van der Waals surface area contributed by atoms with Crippen LogP contribution in [0, 0.1) is 5.41 Å². The number of hydrogen-bond acceptors (Lipinski definition) is 4. The molecule has 114 valence electrons. The van der Waals surface area contributed by atoms with E-state index in [1.165, 1.54) is 0 Å². The highest BCUT2D eigenvalue weighted by atomic mass is 16.5. The van der Waals surface area contributed by atoms with Gasteiger partial charge in [0.2, 0.25) is 5.89 Å². The minimum absolute atomic E-state index is 0.00867. The summed E-state index contributed by atoms with van der Waals surface area (Å²) in [5, 5.41) is 4.16. The monoisotopic (exact) mass is 287 g/mol. The van der Waals surface area contributed by atoms with E-state index >= 15 is 0 Å². The molecule has 1 aromatic carbocycles. The van der Waals surface area contributed by atoms with Gasteiger partial charge in [-0.3, -0.25) is 0 Å². The van der Waals surface area contributed by atoms with E-state index in [1.807, 2.05) is 18.2 Å². The van der Waals surface area contributed by atoms with Gasteiger partial charge >= 0.3 is 0 Å². The van der Waals surface area contributed by atoms with Gasteiger partial charge in [-0.25, -0.2) is 0 Å². The Kier molecular flexibility index (Phi) is 4.19. The van der Waals surface area contributed by atoms with Gasteiger partial charge in [0.05, 0.1) is 5.41 Å². The number of hydrogen-bond donors (Lipinski definition) is 1. The standard InChI is InChI=1S/C17H25N3O/c1-16(2,3)13(18)11-14-19-15(20-21-14)17(4,5)12-9-7-6-8-10-12/h6-10,13H,11,18H2,1-5H3. The van der Waals surface area contributed by atoms with E-state index in [4.69, 9.17) is 10.3 Å². The highest BCUT2D eigenvalue weighted by molar-refractivity contribution is 5.30. The van der Waals surface area contributed by atoms with E-state index in [0.717, 1.165) is 5.56 Å². The number of rotatable bonds is 4. The minimum atomic E-state index is -0.283. The summed E-state index contributed by atoms with van der Waals surface area (Å²) >= 11 is 0. The first-order chi connectivity index (χ1) is 9.71. The Hall–Kier alpha value is -1.68.